The molecule has 8 heteroatoms. The van der Waals surface area contributed by atoms with Crippen LogP contribution in [-0.4, -0.2) is 15.5 Å². The smallest absolute Gasteiger partial charge is 0.261 e. The van der Waals surface area contributed by atoms with Gasteiger partial charge in [0.2, 0.25) is 5.91 Å². The van der Waals surface area contributed by atoms with Gasteiger partial charge in [-0.1, -0.05) is 46.9 Å². The average Bonchev–Trinajstić information content (AvgIpc) is 2.56. The number of halogens is 3. The van der Waals surface area contributed by atoms with E-state index in [0.717, 1.165) is 5.56 Å². The van der Waals surface area contributed by atoms with E-state index in [1.807, 2.05) is 6.07 Å². The molecule has 0 bridgehead atoms. The fourth-order valence-electron chi connectivity index (χ4n) is 2.37. The predicted molar refractivity (Wildman–Crippen MR) is 99.3 cm³/mol. The molecule has 0 spiro atoms. The quantitative estimate of drug-likeness (QED) is 0.732. The Balaban J connectivity index is 1.77. The zero-order valence-corrected chi connectivity index (χ0v) is 15.1. The first-order valence-electron chi connectivity index (χ1n) is 7.29. The molecular weight excluding hydrogens is 385 g/mol. The number of rotatable bonds is 4. The van der Waals surface area contributed by atoms with Gasteiger partial charge in [-0.15, -0.1) is 0 Å². The standard InChI is InChI=1S/C17H12Cl3N3O2/c18-11-3-1-2-10(4-11)7-21-15(24)8-23-9-22-16-13(17(23)25)5-12(19)6-14(16)20/h1-6,9H,7-8H2,(H,21,24). The summed E-state index contributed by atoms with van der Waals surface area (Å²) in [6.07, 6.45) is 1.30. The van der Waals surface area contributed by atoms with Gasteiger partial charge in [-0.2, -0.15) is 0 Å². The zero-order valence-electron chi connectivity index (χ0n) is 12.8. The van der Waals surface area contributed by atoms with E-state index < -0.39 is 0 Å². The molecule has 1 heterocycles. The van der Waals surface area contributed by atoms with E-state index in [2.05, 4.69) is 10.3 Å². The van der Waals surface area contributed by atoms with Crippen molar-refractivity contribution in [2.75, 3.05) is 0 Å². The van der Waals surface area contributed by atoms with Gasteiger partial charge >= 0.3 is 0 Å². The van der Waals surface area contributed by atoms with Gasteiger partial charge < -0.3 is 5.32 Å². The number of hydrogen-bond donors (Lipinski definition) is 1. The van der Waals surface area contributed by atoms with Crippen LogP contribution in [0, 0.1) is 0 Å². The van der Waals surface area contributed by atoms with E-state index >= 15 is 0 Å². The maximum absolute atomic E-state index is 12.5. The molecule has 1 N–H and O–H groups in total. The summed E-state index contributed by atoms with van der Waals surface area (Å²) in [4.78, 5) is 28.7. The molecule has 0 unspecified atom stereocenters. The lowest BCUT2D eigenvalue weighted by Crippen LogP contribution is -2.32. The first-order chi connectivity index (χ1) is 11.9. The van der Waals surface area contributed by atoms with Crippen molar-refractivity contribution in [2.24, 2.45) is 0 Å². The van der Waals surface area contributed by atoms with Crippen molar-refractivity contribution in [1.29, 1.82) is 0 Å². The molecule has 0 aliphatic heterocycles. The minimum Gasteiger partial charge on any atom is -0.350 e. The Morgan fingerprint density at radius 3 is 2.68 bits per heavy atom. The minimum atomic E-state index is -0.382. The highest BCUT2D eigenvalue weighted by Crippen LogP contribution is 2.23. The van der Waals surface area contributed by atoms with Gasteiger partial charge in [0, 0.05) is 16.6 Å². The molecule has 0 fully saturated rings. The summed E-state index contributed by atoms with van der Waals surface area (Å²) < 4.78 is 1.21. The van der Waals surface area contributed by atoms with Gasteiger partial charge in [-0.25, -0.2) is 4.98 Å². The number of fused-ring (bicyclic) bond motifs is 1. The highest BCUT2D eigenvalue weighted by molar-refractivity contribution is 6.38. The molecule has 2 aromatic carbocycles. The summed E-state index contributed by atoms with van der Waals surface area (Å²) in [6, 6.07) is 10.2. The van der Waals surface area contributed by atoms with E-state index in [1.54, 1.807) is 18.2 Å². The van der Waals surface area contributed by atoms with Crippen molar-refractivity contribution >= 4 is 51.6 Å². The van der Waals surface area contributed by atoms with E-state index in [9.17, 15) is 9.59 Å². The number of amides is 1. The Morgan fingerprint density at radius 2 is 1.92 bits per heavy atom. The number of nitrogens with zero attached hydrogens (tertiary/aromatic N) is 2. The monoisotopic (exact) mass is 395 g/mol. The third kappa shape index (κ3) is 4.12. The summed E-state index contributed by atoms with van der Waals surface area (Å²) in [5.41, 5.74) is 0.836. The Kier molecular flexibility index (Phi) is 5.27. The SMILES string of the molecule is O=C(Cn1cnc2c(Cl)cc(Cl)cc2c1=O)NCc1cccc(Cl)c1. The van der Waals surface area contributed by atoms with E-state index in [4.69, 9.17) is 34.8 Å². The molecule has 25 heavy (non-hydrogen) atoms. The van der Waals surface area contributed by atoms with Crippen molar-refractivity contribution in [3.63, 3.8) is 0 Å². The number of carbonyl (C=O) groups is 1. The molecular formula is C17H12Cl3N3O2. The summed E-state index contributed by atoms with van der Waals surface area (Å²) in [6.45, 7) is 0.152. The van der Waals surface area contributed by atoms with Crippen LogP contribution in [0.1, 0.15) is 5.56 Å². The lowest BCUT2D eigenvalue weighted by atomic mass is 10.2. The van der Waals surface area contributed by atoms with Crippen LogP contribution >= 0.6 is 34.8 Å². The van der Waals surface area contributed by atoms with E-state index in [-0.39, 0.29) is 28.4 Å². The van der Waals surface area contributed by atoms with Crippen LogP contribution < -0.4 is 10.9 Å². The second kappa shape index (κ2) is 7.44. The zero-order chi connectivity index (χ0) is 18.0. The number of aromatic nitrogens is 2. The highest BCUT2D eigenvalue weighted by atomic mass is 35.5. The van der Waals surface area contributed by atoms with Crippen molar-refractivity contribution in [3.05, 3.63) is 73.7 Å². The second-order valence-corrected chi connectivity index (χ2v) is 6.65. The molecule has 0 radical (unpaired) electrons. The van der Waals surface area contributed by atoms with Crippen molar-refractivity contribution in [1.82, 2.24) is 14.9 Å². The van der Waals surface area contributed by atoms with Gasteiger partial charge in [0.05, 0.1) is 22.3 Å². The van der Waals surface area contributed by atoms with Crippen LogP contribution in [-0.2, 0) is 17.9 Å². The second-order valence-electron chi connectivity index (χ2n) is 5.37. The molecule has 0 aliphatic carbocycles. The van der Waals surface area contributed by atoms with Crippen LogP contribution in [0.2, 0.25) is 15.1 Å². The van der Waals surface area contributed by atoms with Crippen LogP contribution in [0.3, 0.4) is 0 Å². The van der Waals surface area contributed by atoms with Crippen molar-refractivity contribution in [3.8, 4) is 0 Å². The van der Waals surface area contributed by atoms with E-state index in [1.165, 1.54) is 23.0 Å². The van der Waals surface area contributed by atoms with Crippen LogP contribution in [0.5, 0.6) is 0 Å². The Hall–Kier alpha value is -2.08. The summed E-state index contributed by atoms with van der Waals surface area (Å²) in [5.74, 6) is -0.323. The first kappa shape index (κ1) is 17.7. The van der Waals surface area contributed by atoms with Gasteiger partial charge in [-0.3, -0.25) is 14.2 Å². The Bertz CT molecular complexity index is 1020. The highest BCUT2D eigenvalue weighted by Gasteiger charge is 2.11. The molecule has 128 valence electrons. The lowest BCUT2D eigenvalue weighted by Gasteiger charge is -2.09. The molecule has 0 saturated heterocycles. The van der Waals surface area contributed by atoms with Crippen LogP contribution in [0.4, 0.5) is 0 Å². The van der Waals surface area contributed by atoms with Gasteiger partial charge in [0.1, 0.15) is 6.54 Å². The molecule has 1 amide bonds. The van der Waals surface area contributed by atoms with Crippen LogP contribution in [0.15, 0.2) is 47.5 Å². The number of nitrogens with one attached hydrogen (secondary N) is 1. The molecule has 0 saturated carbocycles. The summed E-state index contributed by atoms with van der Waals surface area (Å²) in [5, 5.41) is 4.22. The molecule has 0 atom stereocenters. The maximum atomic E-state index is 12.5. The first-order valence-corrected chi connectivity index (χ1v) is 8.43. The third-order valence-corrected chi connectivity index (χ3v) is 4.28. The predicted octanol–water partition coefficient (Wildman–Crippen LogP) is 3.67. The maximum Gasteiger partial charge on any atom is 0.261 e. The molecule has 3 aromatic rings. The number of benzene rings is 2. The van der Waals surface area contributed by atoms with E-state index in [0.29, 0.717) is 22.1 Å². The number of hydrogen-bond acceptors (Lipinski definition) is 3. The molecule has 5 nitrogen and oxygen atoms in total. The molecule has 0 aliphatic rings. The average molecular weight is 397 g/mol. The third-order valence-electron chi connectivity index (χ3n) is 3.54. The van der Waals surface area contributed by atoms with Gasteiger partial charge in [0.15, 0.2) is 0 Å². The number of carbonyl (C=O) groups excluding carboxylic acids is 1. The largest absolute Gasteiger partial charge is 0.350 e. The van der Waals surface area contributed by atoms with Crippen LogP contribution in [0.25, 0.3) is 10.9 Å². The Morgan fingerprint density at radius 1 is 1.12 bits per heavy atom. The van der Waals surface area contributed by atoms with Gasteiger partial charge in [-0.05, 0) is 29.8 Å². The summed E-state index contributed by atoms with van der Waals surface area (Å²) in [7, 11) is 0. The van der Waals surface area contributed by atoms with Crippen molar-refractivity contribution < 1.29 is 4.79 Å². The minimum absolute atomic E-state index is 0.160. The lowest BCUT2D eigenvalue weighted by molar-refractivity contribution is -0.121. The summed E-state index contributed by atoms with van der Waals surface area (Å²) >= 11 is 17.9. The fraction of sp³-hybridized carbons (Fsp3) is 0.118. The topological polar surface area (TPSA) is 64.0 Å². The molecule has 1 aromatic heterocycles. The molecule has 3 rings (SSSR count). The fourth-order valence-corrected chi connectivity index (χ4v) is 3.12. The van der Waals surface area contributed by atoms with Gasteiger partial charge in [0.25, 0.3) is 5.56 Å². The van der Waals surface area contributed by atoms with Crippen molar-refractivity contribution in [2.45, 2.75) is 13.1 Å². The normalized spacial score (nSPS) is 10.8. The Labute approximate surface area is 158 Å².